The molecule has 0 unspecified atom stereocenters. The average molecular weight is 514 g/mol. The normalized spacial score (nSPS) is 10.8. The third kappa shape index (κ3) is 7.96. The predicted octanol–water partition coefficient (Wildman–Crippen LogP) is 3.05. The number of guanidine groups is 1. The van der Waals surface area contributed by atoms with Gasteiger partial charge >= 0.3 is 0 Å². The van der Waals surface area contributed by atoms with Crippen molar-refractivity contribution in [2.24, 2.45) is 4.99 Å². The molecule has 8 heteroatoms. The molecule has 0 aliphatic carbocycles. The summed E-state index contributed by atoms with van der Waals surface area (Å²) in [7, 11) is 3.43. The smallest absolute Gasteiger partial charge is 0.287 e. The van der Waals surface area contributed by atoms with Crippen LogP contribution in [0.2, 0.25) is 0 Å². The first-order valence-electron chi connectivity index (χ1n) is 9.45. The molecule has 7 nitrogen and oxygen atoms in total. The van der Waals surface area contributed by atoms with Gasteiger partial charge in [0.2, 0.25) is 0 Å². The van der Waals surface area contributed by atoms with E-state index in [1.165, 1.54) is 17.4 Å². The van der Waals surface area contributed by atoms with Gasteiger partial charge in [-0.1, -0.05) is 17.7 Å². The number of aliphatic imine (C=N–C) groups is 1. The third-order valence-electron chi connectivity index (χ3n) is 4.35. The van der Waals surface area contributed by atoms with E-state index >= 15 is 0 Å². The summed E-state index contributed by atoms with van der Waals surface area (Å²) in [5, 5.41) is 9.40. The lowest BCUT2D eigenvalue weighted by Crippen LogP contribution is -2.39. The molecule has 0 spiro atoms. The molecule has 1 aromatic carbocycles. The highest BCUT2D eigenvalue weighted by Gasteiger charge is 2.11. The first kappa shape index (κ1) is 24.8. The molecule has 2 rings (SSSR count). The van der Waals surface area contributed by atoms with Crippen LogP contribution in [0.3, 0.4) is 0 Å². The molecular formula is C21H31IN4O3. The van der Waals surface area contributed by atoms with Crippen LogP contribution in [0.15, 0.2) is 39.9 Å². The number of amides is 1. The maximum absolute atomic E-state index is 12.0. The fraction of sp³-hybridized carbons (Fsp3) is 0.429. The van der Waals surface area contributed by atoms with Crippen molar-refractivity contribution in [3.05, 3.63) is 53.0 Å². The highest BCUT2D eigenvalue weighted by molar-refractivity contribution is 14.0. The quantitative estimate of drug-likeness (QED) is 0.207. The summed E-state index contributed by atoms with van der Waals surface area (Å²) in [6, 6.07) is 7.96. The van der Waals surface area contributed by atoms with Gasteiger partial charge < -0.3 is 25.1 Å². The van der Waals surface area contributed by atoms with Gasteiger partial charge in [0.15, 0.2) is 11.7 Å². The monoisotopic (exact) mass is 514 g/mol. The Morgan fingerprint density at radius 1 is 1.10 bits per heavy atom. The average Bonchev–Trinajstić information content (AvgIpc) is 3.12. The van der Waals surface area contributed by atoms with Crippen LogP contribution < -0.4 is 20.7 Å². The molecule has 1 aromatic heterocycles. The third-order valence-corrected chi connectivity index (χ3v) is 4.35. The topological polar surface area (TPSA) is 87.9 Å². The Balaban J connectivity index is 0.00000420. The first-order chi connectivity index (χ1) is 13.5. The molecule has 0 bridgehead atoms. The Labute approximate surface area is 189 Å². The number of nitrogens with zero attached hydrogens (tertiary/aromatic N) is 1. The number of carbonyl (C=O) groups is 1. The molecule has 0 radical (unpaired) electrons. The number of ether oxygens (including phenoxy) is 1. The molecule has 1 heterocycles. The van der Waals surface area contributed by atoms with Crippen LogP contribution >= 0.6 is 24.0 Å². The summed E-state index contributed by atoms with van der Waals surface area (Å²) in [5.41, 5.74) is 3.22. The molecule has 0 fully saturated rings. The van der Waals surface area contributed by atoms with Crippen molar-refractivity contribution < 1.29 is 13.9 Å². The maximum atomic E-state index is 12.0. The Morgan fingerprint density at radius 3 is 2.48 bits per heavy atom. The van der Waals surface area contributed by atoms with E-state index in [-0.39, 0.29) is 29.9 Å². The standard InChI is InChI=1S/C21H30N4O3.HI/c1-15-6-7-18(27-4)17(14-15)8-12-25-21(22-3)24-11-5-10-23-20(26)19-16(2)9-13-28-19;/h6-7,9,13-14H,5,8,10-12H2,1-4H3,(H,23,26)(H2,22,24,25);1H. The van der Waals surface area contributed by atoms with Crippen molar-refractivity contribution in [1.29, 1.82) is 0 Å². The van der Waals surface area contributed by atoms with Gasteiger partial charge in [-0.2, -0.15) is 0 Å². The Kier molecular flexibility index (Phi) is 11.2. The molecule has 0 aliphatic rings. The molecule has 0 aliphatic heterocycles. The minimum atomic E-state index is -0.183. The maximum Gasteiger partial charge on any atom is 0.287 e. The Morgan fingerprint density at radius 2 is 1.83 bits per heavy atom. The largest absolute Gasteiger partial charge is 0.496 e. The zero-order chi connectivity index (χ0) is 20.4. The van der Waals surface area contributed by atoms with Crippen LogP contribution in [0.1, 0.15) is 33.7 Å². The van der Waals surface area contributed by atoms with Gasteiger partial charge in [-0.15, -0.1) is 24.0 Å². The summed E-state index contributed by atoms with van der Waals surface area (Å²) >= 11 is 0. The summed E-state index contributed by atoms with van der Waals surface area (Å²) in [6.45, 7) is 5.92. The molecule has 3 N–H and O–H groups in total. The number of rotatable bonds is 9. The highest BCUT2D eigenvalue weighted by atomic mass is 127. The number of carbonyl (C=O) groups excluding carboxylic acids is 1. The number of methoxy groups -OCH3 is 1. The summed E-state index contributed by atoms with van der Waals surface area (Å²) in [4.78, 5) is 16.2. The van der Waals surface area contributed by atoms with Gasteiger partial charge in [-0.25, -0.2) is 0 Å². The number of benzene rings is 1. The lowest BCUT2D eigenvalue weighted by molar-refractivity contribution is 0.0925. The second-order valence-corrected chi connectivity index (χ2v) is 6.53. The van der Waals surface area contributed by atoms with E-state index in [0.717, 1.165) is 36.7 Å². The van der Waals surface area contributed by atoms with Gasteiger partial charge in [-0.3, -0.25) is 9.79 Å². The predicted molar refractivity (Wildman–Crippen MR) is 127 cm³/mol. The zero-order valence-corrected chi connectivity index (χ0v) is 19.8. The van der Waals surface area contributed by atoms with E-state index in [1.807, 2.05) is 19.1 Å². The highest BCUT2D eigenvalue weighted by Crippen LogP contribution is 2.19. The molecule has 1 amide bonds. The first-order valence-corrected chi connectivity index (χ1v) is 9.45. The van der Waals surface area contributed by atoms with Crippen LogP contribution in [0.4, 0.5) is 0 Å². The van der Waals surface area contributed by atoms with Crippen LogP contribution in [0.25, 0.3) is 0 Å². The van der Waals surface area contributed by atoms with Crippen LogP contribution in [-0.4, -0.2) is 45.7 Å². The van der Waals surface area contributed by atoms with Gasteiger partial charge in [0.25, 0.3) is 5.91 Å². The molecule has 29 heavy (non-hydrogen) atoms. The van der Waals surface area contributed by atoms with Gasteiger partial charge in [-0.05, 0) is 44.4 Å². The molecule has 2 aromatic rings. The lowest BCUT2D eigenvalue weighted by Gasteiger charge is -2.13. The fourth-order valence-electron chi connectivity index (χ4n) is 2.82. The van der Waals surface area contributed by atoms with Crippen LogP contribution in [-0.2, 0) is 6.42 Å². The lowest BCUT2D eigenvalue weighted by atomic mass is 10.1. The minimum Gasteiger partial charge on any atom is -0.496 e. The van der Waals surface area contributed by atoms with E-state index in [2.05, 4.69) is 33.9 Å². The van der Waals surface area contributed by atoms with Gasteiger partial charge in [0, 0.05) is 32.2 Å². The molecule has 160 valence electrons. The Hall–Kier alpha value is -2.23. The van der Waals surface area contributed by atoms with Gasteiger partial charge in [0.1, 0.15) is 5.75 Å². The minimum absolute atomic E-state index is 0. The number of aryl methyl sites for hydroxylation is 2. The summed E-state index contributed by atoms with van der Waals surface area (Å²) in [5.74, 6) is 1.83. The van der Waals surface area contributed by atoms with Crippen molar-refractivity contribution in [2.45, 2.75) is 26.7 Å². The van der Waals surface area contributed by atoms with Crippen molar-refractivity contribution in [2.75, 3.05) is 33.8 Å². The zero-order valence-electron chi connectivity index (χ0n) is 17.5. The second-order valence-electron chi connectivity index (χ2n) is 6.53. The summed E-state index contributed by atoms with van der Waals surface area (Å²) < 4.78 is 10.6. The van der Waals surface area contributed by atoms with Crippen LogP contribution in [0.5, 0.6) is 5.75 Å². The van der Waals surface area contributed by atoms with Crippen molar-refractivity contribution >= 4 is 35.8 Å². The molecule has 0 atom stereocenters. The SMILES string of the molecule is CN=C(NCCCNC(=O)c1occc1C)NCCc1cc(C)ccc1OC.I. The number of nitrogens with one attached hydrogen (secondary N) is 3. The van der Waals surface area contributed by atoms with E-state index in [4.69, 9.17) is 9.15 Å². The number of hydrogen-bond acceptors (Lipinski definition) is 4. The van der Waals surface area contributed by atoms with Crippen molar-refractivity contribution in [1.82, 2.24) is 16.0 Å². The van der Waals surface area contributed by atoms with E-state index in [0.29, 0.717) is 18.8 Å². The molecule has 0 saturated carbocycles. The molecule has 0 saturated heterocycles. The van der Waals surface area contributed by atoms with Crippen molar-refractivity contribution in [3.63, 3.8) is 0 Å². The molecular weight excluding hydrogens is 483 g/mol. The Bertz CT molecular complexity index is 805. The number of halogens is 1. The number of hydrogen-bond donors (Lipinski definition) is 3. The number of furan rings is 1. The van der Waals surface area contributed by atoms with E-state index in [1.54, 1.807) is 20.2 Å². The van der Waals surface area contributed by atoms with Crippen molar-refractivity contribution in [3.8, 4) is 5.75 Å². The summed E-state index contributed by atoms with van der Waals surface area (Å²) in [6.07, 6.45) is 3.13. The van der Waals surface area contributed by atoms with Gasteiger partial charge in [0.05, 0.1) is 13.4 Å². The van der Waals surface area contributed by atoms with E-state index < -0.39 is 0 Å². The van der Waals surface area contributed by atoms with E-state index in [9.17, 15) is 4.79 Å². The van der Waals surface area contributed by atoms with Crippen LogP contribution in [0, 0.1) is 13.8 Å². The fourth-order valence-corrected chi connectivity index (χ4v) is 2.82. The second kappa shape index (κ2) is 13.1.